The normalized spacial score (nSPS) is 10.7. The van der Waals surface area contributed by atoms with Gasteiger partial charge in [-0.1, -0.05) is 12.2 Å². The summed E-state index contributed by atoms with van der Waals surface area (Å²) in [4.78, 5) is 4.93. The first-order chi connectivity index (χ1) is 7.49. The van der Waals surface area contributed by atoms with Gasteiger partial charge in [0, 0.05) is 16.6 Å². The Bertz CT molecular complexity index is 588. The van der Waals surface area contributed by atoms with Crippen molar-refractivity contribution in [2.24, 2.45) is 5.73 Å². The van der Waals surface area contributed by atoms with E-state index in [0.717, 1.165) is 22.2 Å². The summed E-state index contributed by atoms with van der Waals surface area (Å²) >= 11 is 5.08. The topological polar surface area (TPSA) is 38.9 Å². The predicted molar refractivity (Wildman–Crippen MR) is 71.8 cm³/mol. The fourth-order valence-electron chi connectivity index (χ4n) is 1.82. The van der Waals surface area contributed by atoms with Gasteiger partial charge in [-0.05, 0) is 50.1 Å². The van der Waals surface area contributed by atoms with Crippen LogP contribution in [0.4, 0.5) is 0 Å². The molecule has 0 amide bonds. The largest absolute Gasteiger partial charge is 0.389 e. The number of aromatic nitrogens is 1. The van der Waals surface area contributed by atoms with Crippen LogP contribution in [0.25, 0.3) is 10.9 Å². The molecule has 0 atom stereocenters. The van der Waals surface area contributed by atoms with Crippen LogP contribution in [0.1, 0.15) is 22.4 Å². The second kappa shape index (κ2) is 3.83. The number of pyridine rings is 1. The number of aryl methyl sites for hydroxylation is 3. The molecule has 16 heavy (non-hydrogen) atoms. The van der Waals surface area contributed by atoms with E-state index in [9.17, 15) is 0 Å². The van der Waals surface area contributed by atoms with E-state index in [2.05, 4.69) is 31.0 Å². The van der Waals surface area contributed by atoms with Gasteiger partial charge in [-0.15, -0.1) is 0 Å². The molecule has 1 aromatic heterocycles. The molecular weight excluding hydrogens is 216 g/mol. The molecule has 2 aromatic rings. The molecule has 3 heteroatoms. The number of benzene rings is 1. The lowest BCUT2D eigenvalue weighted by atomic mass is 10.0. The molecule has 0 bridgehead atoms. The quantitative estimate of drug-likeness (QED) is 0.766. The molecule has 0 saturated carbocycles. The minimum atomic E-state index is 0.429. The second-order valence-corrected chi connectivity index (χ2v) is 4.57. The van der Waals surface area contributed by atoms with Crippen molar-refractivity contribution in [2.75, 3.05) is 0 Å². The van der Waals surface area contributed by atoms with Gasteiger partial charge in [-0.25, -0.2) is 0 Å². The highest BCUT2D eigenvalue weighted by atomic mass is 32.1. The molecule has 0 aliphatic heterocycles. The van der Waals surface area contributed by atoms with Crippen molar-refractivity contribution < 1.29 is 0 Å². The SMILES string of the molecule is Cc1cc(C(N)=S)c2cc(C)c(C)cc2n1. The van der Waals surface area contributed by atoms with Crippen molar-refractivity contribution in [3.63, 3.8) is 0 Å². The van der Waals surface area contributed by atoms with Gasteiger partial charge < -0.3 is 5.73 Å². The van der Waals surface area contributed by atoms with Gasteiger partial charge >= 0.3 is 0 Å². The third kappa shape index (κ3) is 1.78. The molecule has 0 aliphatic rings. The Morgan fingerprint density at radius 3 is 2.38 bits per heavy atom. The highest BCUT2D eigenvalue weighted by Gasteiger charge is 2.07. The van der Waals surface area contributed by atoms with Gasteiger partial charge in [0.1, 0.15) is 4.99 Å². The Hall–Kier alpha value is -1.48. The van der Waals surface area contributed by atoms with E-state index in [0.29, 0.717) is 4.99 Å². The van der Waals surface area contributed by atoms with E-state index in [1.54, 1.807) is 0 Å². The molecule has 0 spiro atoms. The molecule has 1 aromatic carbocycles. The van der Waals surface area contributed by atoms with Crippen molar-refractivity contribution in [1.29, 1.82) is 0 Å². The van der Waals surface area contributed by atoms with Crippen LogP contribution in [-0.4, -0.2) is 9.97 Å². The van der Waals surface area contributed by atoms with Gasteiger partial charge in [0.05, 0.1) is 5.52 Å². The summed E-state index contributed by atoms with van der Waals surface area (Å²) in [5.41, 5.74) is 11.0. The van der Waals surface area contributed by atoms with Crippen LogP contribution in [0, 0.1) is 20.8 Å². The monoisotopic (exact) mass is 230 g/mol. The van der Waals surface area contributed by atoms with Crippen molar-refractivity contribution >= 4 is 28.1 Å². The van der Waals surface area contributed by atoms with E-state index < -0.39 is 0 Å². The average molecular weight is 230 g/mol. The summed E-state index contributed by atoms with van der Waals surface area (Å²) < 4.78 is 0. The zero-order chi connectivity index (χ0) is 11.9. The number of fused-ring (bicyclic) bond motifs is 1. The maximum atomic E-state index is 5.74. The van der Waals surface area contributed by atoms with Crippen molar-refractivity contribution in [2.45, 2.75) is 20.8 Å². The zero-order valence-corrected chi connectivity index (χ0v) is 10.5. The number of nitrogens with zero attached hydrogens (tertiary/aromatic N) is 1. The van der Waals surface area contributed by atoms with E-state index >= 15 is 0 Å². The molecular formula is C13H14N2S. The third-order valence-corrected chi connectivity index (χ3v) is 3.04. The predicted octanol–water partition coefficient (Wildman–Crippen LogP) is 2.79. The summed E-state index contributed by atoms with van der Waals surface area (Å²) in [7, 11) is 0. The Labute approximate surface area is 100 Å². The molecule has 82 valence electrons. The molecule has 2 nitrogen and oxygen atoms in total. The van der Waals surface area contributed by atoms with Crippen molar-refractivity contribution in [1.82, 2.24) is 4.98 Å². The van der Waals surface area contributed by atoms with Crippen molar-refractivity contribution in [3.05, 3.63) is 40.6 Å². The molecule has 1 heterocycles. The third-order valence-electron chi connectivity index (χ3n) is 2.82. The Morgan fingerprint density at radius 1 is 1.12 bits per heavy atom. The highest BCUT2D eigenvalue weighted by molar-refractivity contribution is 7.80. The Morgan fingerprint density at radius 2 is 1.75 bits per heavy atom. The molecule has 0 aliphatic carbocycles. The molecule has 0 radical (unpaired) electrons. The molecule has 2 rings (SSSR count). The lowest BCUT2D eigenvalue weighted by molar-refractivity contribution is 1.24. The fraction of sp³-hybridized carbons (Fsp3) is 0.231. The number of thiocarbonyl (C=S) groups is 1. The van der Waals surface area contributed by atoms with Gasteiger partial charge in [-0.3, -0.25) is 4.98 Å². The van der Waals surface area contributed by atoms with Gasteiger partial charge in [0.25, 0.3) is 0 Å². The number of hydrogen-bond donors (Lipinski definition) is 1. The van der Waals surface area contributed by atoms with E-state index in [1.165, 1.54) is 11.1 Å². The number of nitrogens with two attached hydrogens (primary N) is 1. The number of rotatable bonds is 1. The second-order valence-electron chi connectivity index (χ2n) is 4.13. The first-order valence-electron chi connectivity index (χ1n) is 5.17. The summed E-state index contributed by atoms with van der Waals surface area (Å²) in [5.74, 6) is 0. The summed E-state index contributed by atoms with van der Waals surface area (Å²) in [6.45, 7) is 6.12. The number of hydrogen-bond acceptors (Lipinski definition) is 2. The maximum absolute atomic E-state index is 5.74. The lowest BCUT2D eigenvalue weighted by Gasteiger charge is -2.09. The minimum absolute atomic E-state index is 0.429. The summed E-state index contributed by atoms with van der Waals surface area (Å²) in [6, 6.07) is 6.13. The maximum Gasteiger partial charge on any atom is 0.104 e. The van der Waals surface area contributed by atoms with Crippen LogP contribution in [0.15, 0.2) is 18.2 Å². The molecule has 0 fully saturated rings. The van der Waals surface area contributed by atoms with Crippen LogP contribution < -0.4 is 5.73 Å². The van der Waals surface area contributed by atoms with Crippen LogP contribution >= 0.6 is 12.2 Å². The zero-order valence-electron chi connectivity index (χ0n) is 9.66. The molecule has 0 unspecified atom stereocenters. The summed E-state index contributed by atoms with van der Waals surface area (Å²) in [5, 5.41) is 1.04. The van der Waals surface area contributed by atoms with E-state index in [1.807, 2.05) is 13.0 Å². The Balaban J connectivity index is 2.90. The van der Waals surface area contributed by atoms with Crippen LogP contribution in [0.3, 0.4) is 0 Å². The smallest absolute Gasteiger partial charge is 0.104 e. The fourth-order valence-corrected chi connectivity index (χ4v) is 1.99. The van der Waals surface area contributed by atoms with Gasteiger partial charge in [0.2, 0.25) is 0 Å². The molecule has 0 saturated heterocycles. The molecule has 2 N–H and O–H groups in total. The van der Waals surface area contributed by atoms with Crippen LogP contribution in [0.5, 0.6) is 0 Å². The highest BCUT2D eigenvalue weighted by Crippen LogP contribution is 2.22. The van der Waals surface area contributed by atoms with Crippen LogP contribution in [0.2, 0.25) is 0 Å². The minimum Gasteiger partial charge on any atom is -0.389 e. The van der Waals surface area contributed by atoms with Gasteiger partial charge in [0.15, 0.2) is 0 Å². The average Bonchev–Trinajstić information content (AvgIpc) is 2.19. The standard InChI is InChI=1S/C13H14N2S/c1-7-4-10-11(13(14)16)6-9(3)15-12(10)5-8(7)2/h4-6H,1-3H3,(H2,14,16). The van der Waals surface area contributed by atoms with E-state index in [-0.39, 0.29) is 0 Å². The lowest BCUT2D eigenvalue weighted by Crippen LogP contribution is -2.11. The van der Waals surface area contributed by atoms with E-state index in [4.69, 9.17) is 18.0 Å². The van der Waals surface area contributed by atoms with Crippen molar-refractivity contribution in [3.8, 4) is 0 Å². The Kier molecular flexibility index (Phi) is 2.64. The first kappa shape index (κ1) is 11.0. The summed E-state index contributed by atoms with van der Waals surface area (Å²) in [6.07, 6.45) is 0. The first-order valence-corrected chi connectivity index (χ1v) is 5.58. The van der Waals surface area contributed by atoms with Gasteiger partial charge in [-0.2, -0.15) is 0 Å². The van der Waals surface area contributed by atoms with Crippen LogP contribution in [-0.2, 0) is 0 Å².